The number of benzene rings is 1. The molecule has 2 fully saturated rings. The van der Waals surface area contributed by atoms with Crippen LogP contribution in [-0.2, 0) is 11.2 Å². The van der Waals surface area contributed by atoms with Gasteiger partial charge in [-0.15, -0.1) is 0 Å². The number of nitrogens with one attached hydrogen (secondary N) is 1. The third kappa shape index (κ3) is 5.10. The number of urea groups is 1. The first-order chi connectivity index (χ1) is 11.7. The zero-order chi connectivity index (χ0) is 16.8. The van der Waals surface area contributed by atoms with Gasteiger partial charge in [0.2, 0.25) is 0 Å². The molecule has 0 aliphatic carbocycles. The van der Waals surface area contributed by atoms with E-state index < -0.39 is 0 Å². The molecule has 5 nitrogen and oxygen atoms in total. The largest absolute Gasteiger partial charge is 0.377 e. The lowest BCUT2D eigenvalue weighted by Gasteiger charge is -2.35. The van der Waals surface area contributed by atoms with Crippen molar-refractivity contribution in [2.45, 2.75) is 25.4 Å². The van der Waals surface area contributed by atoms with Crippen LogP contribution in [0.5, 0.6) is 0 Å². The number of hydrogen-bond donors (Lipinski definition) is 1. The van der Waals surface area contributed by atoms with Crippen LogP contribution < -0.4 is 5.32 Å². The summed E-state index contributed by atoms with van der Waals surface area (Å²) in [4.78, 5) is 16.6. The minimum atomic E-state index is 0.0423. The quantitative estimate of drug-likeness (QED) is 0.886. The second-order valence-electron chi connectivity index (χ2n) is 6.53. The van der Waals surface area contributed by atoms with Crippen LogP contribution in [0.1, 0.15) is 18.4 Å². The Morgan fingerprint density at radius 1 is 1.21 bits per heavy atom. The van der Waals surface area contributed by atoms with Crippen LogP contribution in [-0.4, -0.2) is 67.8 Å². The highest BCUT2D eigenvalue weighted by atomic mass is 35.5. The highest BCUT2D eigenvalue weighted by Gasteiger charge is 2.24. The second kappa shape index (κ2) is 8.70. The number of ether oxygens (including phenoxy) is 1. The summed E-state index contributed by atoms with van der Waals surface area (Å²) in [6, 6.07) is 7.80. The van der Waals surface area contributed by atoms with E-state index in [9.17, 15) is 4.79 Å². The van der Waals surface area contributed by atoms with Crippen molar-refractivity contribution in [3.05, 3.63) is 34.9 Å². The fourth-order valence-corrected chi connectivity index (χ4v) is 3.41. The van der Waals surface area contributed by atoms with Gasteiger partial charge in [0.1, 0.15) is 0 Å². The predicted molar refractivity (Wildman–Crippen MR) is 95.5 cm³/mol. The zero-order valence-electron chi connectivity index (χ0n) is 14.0. The van der Waals surface area contributed by atoms with Crippen LogP contribution in [0.3, 0.4) is 0 Å². The summed E-state index contributed by atoms with van der Waals surface area (Å²) in [6.45, 7) is 6.01. The zero-order valence-corrected chi connectivity index (χ0v) is 14.8. The molecule has 1 aromatic rings. The normalized spacial score (nSPS) is 21.9. The van der Waals surface area contributed by atoms with Gasteiger partial charge in [0.15, 0.2) is 0 Å². The Balaban J connectivity index is 1.33. The average Bonchev–Trinajstić information content (AvgIpc) is 3.10. The lowest BCUT2D eigenvalue weighted by atomic mass is 10.1. The maximum Gasteiger partial charge on any atom is 0.317 e. The summed E-state index contributed by atoms with van der Waals surface area (Å²) >= 11 is 5.87. The van der Waals surface area contributed by atoms with Crippen LogP contribution in [0.15, 0.2) is 24.3 Å². The molecule has 0 radical (unpaired) electrons. The first-order valence-corrected chi connectivity index (χ1v) is 9.20. The molecule has 132 valence electrons. The highest BCUT2D eigenvalue weighted by molar-refractivity contribution is 6.30. The summed E-state index contributed by atoms with van der Waals surface area (Å²) in [7, 11) is 0. The third-order valence-corrected chi connectivity index (χ3v) is 5.00. The van der Waals surface area contributed by atoms with E-state index in [1.165, 1.54) is 18.4 Å². The third-order valence-electron chi connectivity index (χ3n) is 4.75. The number of hydrogen-bond acceptors (Lipinski definition) is 3. The molecule has 0 spiro atoms. The van der Waals surface area contributed by atoms with Crippen LogP contribution >= 0.6 is 11.6 Å². The van der Waals surface area contributed by atoms with Gasteiger partial charge in [-0.2, -0.15) is 0 Å². The number of rotatable bonds is 5. The van der Waals surface area contributed by atoms with Gasteiger partial charge in [0, 0.05) is 50.9 Å². The van der Waals surface area contributed by atoms with Crippen LogP contribution in [0.25, 0.3) is 0 Å². The van der Waals surface area contributed by atoms with Crippen molar-refractivity contribution in [2.24, 2.45) is 0 Å². The Hall–Kier alpha value is -1.30. The summed E-state index contributed by atoms with van der Waals surface area (Å²) in [5.41, 5.74) is 1.18. The van der Waals surface area contributed by atoms with E-state index in [0.717, 1.165) is 50.8 Å². The van der Waals surface area contributed by atoms with Crippen molar-refractivity contribution >= 4 is 17.6 Å². The number of amides is 2. The van der Waals surface area contributed by atoms with Gasteiger partial charge < -0.3 is 15.0 Å². The summed E-state index contributed by atoms with van der Waals surface area (Å²) in [5, 5.41) is 3.75. The Morgan fingerprint density at radius 3 is 2.62 bits per heavy atom. The van der Waals surface area contributed by atoms with E-state index >= 15 is 0 Å². The van der Waals surface area contributed by atoms with Gasteiger partial charge in [0.05, 0.1) is 6.10 Å². The Morgan fingerprint density at radius 2 is 1.96 bits per heavy atom. The minimum Gasteiger partial charge on any atom is -0.377 e. The molecule has 3 rings (SSSR count). The number of nitrogens with zero attached hydrogens (tertiary/aromatic N) is 2. The van der Waals surface area contributed by atoms with Crippen molar-refractivity contribution in [2.75, 3.05) is 45.9 Å². The molecule has 2 saturated heterocycles. The number of piperazine rings is 1. The minimum absolute atomic E-state index is 0.0423. The fourth-order valence-electron chi connectivity index (χ4n) is 3.29. The van der Waals surface area contributed by atoms with E-state index in [1.807, 2.05) is 29.2 Å². The molecule has 0 bridgehead atoms. The summed E-state index contributed by atoms with van der Waals surface area (Å²) in [5.74, 6) is 0. The molecule has 0 aromatic heterocycles. The monoisotopic (exact) mass is 351 g/mol. The first kappa shape index (κ1) is 17.5. The molecule has 6 heteroatoms. The van der Waals surface area contributed by atoms with Gasteiger partial charge in [-0.3, -0.25) is 4.90 Å². The van der Waals surface area contributed by atoms with E-state index in [2.05, 4.69) is 10.2 Å². The molecule has 1 unspecified atom stereocenters. The number of halogens is 1. The van der Waals surface area contributed by atoms with Crippen molar-refractivity contribution < 1.29 is 9.53 Å². The molecule has 0 saturated carbocycles. The first-order valence-electron chi connectivity index (χ1n) is 8.82. The van der Waals surface area contributed by atoms with Crippen molar-refractivity contribution in [3.8, 4) is 0 Å². The van der Waals surface area contributed by atoms with E-state index in [-0.39, 0.29) is 6.03 Å². The molecular formula is C18H26ClN3O2. The van der Waals surface area contributed by atoms with Gasteiger partial charge in [-0.05, 0) is 37.0 Å². The molecule has 2 aliphatic rings. The molecule has 24 heavy (non-hydrogen) atoms. The average molecular weight is 352 g/mol. The van der Waals surface area contributed by atoms with E-state index in [0.29, 0.717) is 12.6 Å². The maximum atomic E-state index is 12.2. The number of carbonyl (C=O) groups is 1. The molecule has 2 aliphatic heterocycles. The molecule has 2 amide bonds. The molecular weight excluding hydrogens is 326 g/mol. The molecule has 1 aromatic carbocycles. The summed E-state index contributed by atoms with van der Waals surface area (Å²) in [6.07, 6.45) is 3.57. The van der Waals surface area contributed by atoms with Crippen molar-refractivity contribution in [1.82, 2.24) is 15.1 Å². The van der Waals surface area contributed by atoms with Crippen LogP contribution in [0.4, 0.5) is 4.79 Å². The summed E-state index contributed by atoms with van der Waals surface area (Å²) < 4.78 is 5.69. The predicted octanol–water partition coefficient (Wildman–Crippen LogP) is 2.39. The lowest BCUT2D eigenvalue weighted by molar-refractivity contribution is 0.0561. The van der Waals surface area contributed by atoms with Gasteiger partial charge in [0.25, 0.3) is 0 Å². The maximum absolute atomic E-state index is 12.2. The van der Waals surface area contributed by atoms with Crippen LogP contribution in [0, 0.1) is 0 Å². The molecule has 1 atom stereocenters. The Bertz CT molecular complexity index is 524. The van der Waals surface area contributed by atoms with Crippen LogP contribution in [0.2, 0.25) is 5.02 Å². The SMILES string of the molecule is O=C(NCCc1ccc(Cl)cc1)N1CCN(CC2CCCO2)CC1. The second-order valence-corrected chi connectivity index (χ2v) is 6.97. The van der Waals surface area contributed by atoms with Gasteiger partial charge >= 0.3 is 6.03 Å². The topological polar surface area (TPSA) is 44.8 Å². The number of carbonyl (C=O) groups excluding carboxylic acids is 1. The fraction of sp³-hybridized carbons (Fsp3) is 0.611. The molecule has 2 heterocycles. The van der Waals surface area contributed by atoms with Gasteiger partial charge in [-0.1, -0.05) is 23.7 Å². The van der Waals surface area contributed by atoms with Gasteiger partial charge in [-0.25, -0.2) is 4.79 Å². The van der Waals surface area contributed by atoms with Crippen molar-refractivity contribution in [3.63, 3.8) is 0 Å². The standard InChI is InChI=1S/C18H26ClN3O2/c19-16-5-3-15(4-6-16)7-8-20-18(23)22-11-9-21(10-12-22)14-17-2-1-13-24-17/h3-6,17H,1-2,7-14H2,(H,20,23). The highest BCUT2D eigenvalue weighted by Crippen LogP contribution is 2.14. The Labute approximate surface area is 148 Å². The Kier molecular flexibility index (Phi) is 6.35. The smallest absolute Gasteiger partial charge is 0.317 e. The van der Waals surface area contributed by atoms with Crippen molar-refractivity contribution in [1.29, 1.82) is 0 Å². The van der Waals surface area contributed by atoms with E-state index in [1.54, 1.807) is 0 Å². The lowest BCUT2D eigenvalue weighted by Crippen LogP contribution is -2.53. The molecule has 1 N–H and O–H groups in total. The van der Waals surface area contributed by atoms with E-state index in [4.69, 9.17) is 16.3 Å².